The monoisotopic (exact) mass is 224 g/mol. The minimum absolute atomic E-state index is 0.237. The molecule has 0 spiro atoms. The molecule has 16 heavy (non-hydrogen) atoms. The largest absolute Gasteiger partial charge is 0.445 e. The predicted molar refractivity (Wildman–Crippen MR) is 61.3 cm³/mol. The molecule has 0 fully saturated rings. The average Bonchev–Trinajstić information content (AvgIpc) is 2.33. The van der Waals surface area contributed by atoms with Crippen LogP contribution in [0.1, 0.15) is 6.42 Å². The van der Waals surface area contributed by atoms with E-state index in [-0.39, 0.29) is 12.7 Å². The second-order valence-electron chi connectivity index (χ2n) is 3.27. The Balaban J connectivity index is 2.47. The van der Waals surface area contributed by atoms with Crippen LogP contribution in [0.15, 0.2) is 29.5 Å². The van der Waals surface area contributed by atoms with Crippen molar-refractivity contribution < 1.29 is 14.4 Å². The standard InChI is InChI=1S/C11H16N2O3/c1-3-7-16-11(14)13-6-4-5-10(9-13)8-12-15-2/h3,5,8H,1,4,6-7,9H2,2H3. The number of hydrogen-bond acceptors (Lipinski definition) is 4. The summed E-state index contributed by atoms with van der Waals surface area (Å²) < 4.78 is 4.95. The van der Waals surface area contributed by atoms with Crippen molar-refractivity contribution in [1.29, 1.82) is 0 Å². The molecule has 0 saturated carbocycles. The highest BCUT2D eigenvalue weighted by Crippen LogP contribution is 2.09. The lowest BCUT2D eigenvalue weighted by Crippen LogP contribution is -2.36. The van der Waals surface area contributed by atoms with Crippen LogP contribution in [0.5, 0.6) is 0 Å². The Hall–Kier alpha value is -1.78. The number of carbonyl (C=O) groups excluding carboxylic acids is 1. The van der Waals surface area contributed by atoms with E-state index >= 15 is 0 Å². The van der Waals surface area contributed by atoms with Gasteiger partial charge < -0.3 is 14.5 Å². The fourth-order valence-corrected chi connectivity index (χ4v) is 1.36. The molecule has 0 aliphatic carbocycles. The van der Waals surface area contributed by atoms with Gasteiger partial charge in [0, 0.05) is 6.54 Å². The average molecular weight is 224 g/mol. The number of rotatable bonds is 4. The fraction of sp³-hybridized carbons (Fsp3) is 0.455. The Kier molecular flexibility index (Phi) is 5.11. The van der Waals surface area contributed by atoms with Crippen molar-refractivity contribution in [2.75, 3.05) is 26.8 Å². The van der Waals surface area contributed by atoms with Gasteiger partial charge in [0.05, 0.1) is 12.8 Å². The molecule has 0 N–H and O–H groups in total. The lowest BCUT2D eigenvalue weighted by Gasteiger charge is -2.24. The third-order valence-corrected chi connectivity index (χ3v) is 2.09. The molecule has 0 aromatic heterocycles. The zero-order valence-corrected chi connectivity index (χ0v) is 9.39. The van der Waals surface area contributed by atoms with Gasteiger partial charge >= 0.3 is 6.09 Å². The van der Waals surface area contributed by atoms with Gasteiger partial charge in [0.1, 0.15) is 13.7 Å². The maximum atomic E-state index is 11.5. The maximum Gasteiger partial charge on any atom is 0.410 e. The number of nitrogens with zero attached hydrogens (tertiary/aromatic N) is 2. The van der Waals surface area contributed by atoms with Crippen molar-refractivity contribution in [3.8, 4) is 0 Å². The van der Waals surface area contributed by atoms with Crippen LogP contribution in [0.2, 0.25) is 0 Å². The van der Waals surface area contributed by atoms with E-state index in [9.17, 15) is 4.79 Å². The van der Waals surface area contributed by atoms with Crippen LogP contribution in [0.25, 0.3) is 0 Å². The lowest BCUT2D eigenvalue weighted by atomic mass is 10.1. The summed E-state index contributed by atoms with van der Waals surface area (Å²) in [5.74, 6) is 0. The van der Waals surface area contributed by atoms with Crippen molar-refractivity contribution in [1.82, 2.24) is 4.90 Å². The van der Waals surface area contributed by atoms with E-state index in [1.165, 1.54) is 7.11 Å². The number of amides is 1. The Bertz CT molecular complexity index is 310. The summed E-state index contributed by atoms with van der Waals surface area (Å²) in [6.45, 7) is 4.89. The molecule has 5 heteroatoms. The molecular formula is C11H16N2O3. The molecule has 0 atom stereocenters. The molecule has 1 aliphatic heterocycles. The van der Waals surface area contributed by atoms with Crippen molar-refractivity contribution >= 4 is 12.3 Å². The summed E-state index contributed by atoms with van der Waals surface area (Å²) in [4.78, 5) is 17.7. The first-order chi connectivity index (χ1) is 7.77. The van der Waals surface area contributed by atoms with Gasteiger partial charge in [0.15, 0.2) is 0 Å². The van der Waals surface area contributed by atoms with Crippen molar-refractivity contribution in [3.05, 3.63) is 24.3 Å². The quantitative estimate of drug-likeness (QED) is 0.414. The van der Waals surface area contributed by atoms with Gasteiger partial charge in [0.25, 0.3) is 0 Å². The lowest BCUT2D eigenvalue weighted by molar-refractivity contribution is 0.115. The van der Waals surface area contributed by atoms with Crippen molar-refractivity contribution in [2.24, 2.45) is 5.16 Å². The van der Waals surface area contributed by atoms with Gasteiger partial charge in [-0.1, -0.05) is 23.9 Å². The number of carbonyl (C=O) groups is 1. The van der Waals surface area contributed by atoms with Crippen LogP contribution in [0.3, 0.4) is 0 Å². The van der Waals surface area contributed by atoms with Gasteiger partial charge in [-0.25, -0.2) is 4.79 Å². The third kappa shape index (κ3) is 3.76. The summed E-state index contributed by atoms with van der Waals surface area (Å²) in [5.41, 5.74) is 0.948. The smallest absolute Gasteiger partial charge is 0.410 e. The molecule has 0 aromatic rings. The first kappa shape index (κ1) is 12.3. The summed E-state index contributed by atoms with van der Waals surface area (Å²) in [5, 5.41) is 3.66. The van der Waals surface area contributed by atoms with Gasteiger partial charge in [-0.2, -0.15) is 0 Å². The van der Waals surface area contributed by atoms with Crippen LogP contribution in [0.4, 0.5) is 4.79 Å². The number of ether oxygens (including phenoxy) is 1. The predicted octanol–water partition coefficient (Wildman–Crippen LogP) is 1.57. The molecule has 0 bridgehead atoms. The van der Waals surface area contributed by atoms with Gasteiger partial charge in [-0.3, -0.25) is 0 Å². The highest BCUT2D eigenvalue weighted by molar-refractivity contribution is 5.80. The van der Waals surface area contributed by atoms with Gasteiger partial charge in [0.2, 0.25) is 0 Å². The van der Waals surface area contributed by atoms with Crippen LogP contribution < -0.4 is 0 Å². The minimum Gasteiger partial charge on any atom is -0.445 e. The summed E-state index contributed by atoms with van der Waals surface area (Å²) >= 11 is 0. The summed E-state index contributed by atoms with van der Waals surface area (Å²) in [6.07, 6.45) is 5.66. The molecule has 1 amide bonds. The molecule has 1 rings (SSSR count). The highest BCUT2D eigenvalue weighted by Gasteiger charge is 2.18. The number of hydrogen-bond donors (Lipinski definition) is 0. The van der Waals surface area contributed by atoms with E-state index in [0.717, 1.165) is 12.0 Å². The molecule has 0 saturated heterocycles. The van der Waals surface area contributed by atoms with E-state index < -0.39 is 0 Å². The molecule has 88 valence electrons. The second-order valence-corrected chi connectivity index (χ2v) is 3.27. The maximum absolute atomic E-state index is 11.5. The molecule has 0 aromatic carbocycles. The second kappa shape index (κ2) is 6.66. The SMILES string of the molecule is C=CCOC(=O)N1CCC=C(C=NOC)C1. The molecule has 0 radical (unpaired) electrons. The topological polar surface area (TPSA) is 51.1 Å². The molecule has 0 unspecified atom stereocenters. The molecule has 5 nitrogen and oxygen atoms in total. The van der Waals surface area contributed by atoms with Crippen molar-refractivity contribution in [3.63, 3.8) is 0 Å². The van der Waals surface area contributed by atoms with E-state index in [1.54, 1.807) is 17.2 Å². The van der Waals surface area contributed by atoms with Gasteiger partial charge in [-0.15, -0.1) is 0 Å². The molecule has 1 aliphatic rings. The Morgan fingerprint density at radius 2 is 2.56 bits per heavy atom. The highest BCUT2D eigenvalue weighted by atomic mass is 16.6. The Labute approximate surface area is 95.0 Å². The van der Waals surface area contributed by atoms with Crippen molar-refractivity contribution in [2.45, 2.75) is 6.42 Å². The first-order valence-corrected chi connectivity index (χ1v) is 5.06. The Morgan fingerprint density at radius 1 is 1.75 bits per heavy atom. The number of oxime groups is 1. The summed E-state index contributed by atoms with van der Waals surface area (Å²) in [7, 11) is 1.48. The van der Waals surface area contributed by atoms with E-state index in [0.29, 0.717) is 13.1 Å². The van der Waals surface area contributed by atoms with Crippen LogP contribution in [-0.4, -0.2) is 44.0 Å². The third-order valence-electron chi connectivity index (χ3n) is 2.09. The normalized spacial score (nSPS) is 15.8. The Morgan fingerprint density at radius 3 is 3.25 bits per heavy atom. The fourth-order valence-electron chi connectivity index (χ4n) is 1.36. The zero-order chi connectivity index (χ0) is 11.8. The van der Waals surface area contributed by atoms with E-state index in [1.807, 2.05) is 6.08 Å². The summed E-state index contributed by atoms with van der Waals surface area (Å²) in [6, 6.07) is 0. The molecular weight excluding hydrogens is 208 g/mol. The van der Waals surface area contributed by atoms with Crippen LogP contribution in [0, 0.1) is 0 Å². The van der Waals surface area contributed by atoms with Crippen LogP contribution in [-0.2, 0) is 9.57 Å². The molecule has 1 heterocycles. The zero-order valence-electron chi connectivity index (χ0n) is 9.39. The first-order valence-electron chi connectivity index (χ1n) is 5.06. The van der Waals surface area contributed by atoms with Gasteiger partial charge in [-0.05, 0) is 12.0 Å². The van der Waals surface area contributed by atoms with E-state index in [4.69, 9.17) is 4.74 Å². The minimum atomic E-state index is -0.323. The van der Waals surface area contributed by atoms with E-state index in [2.05, 4.69) is 16.6 Å². The van der Waals surface area contributed by atoms with Crippen LogP contribution >= 0.6 is 0 Å².